The van der Waals surface area contributed by atoms with Crippen LogP contribution in [0.25, 0.3) is 0 Å². The van der Waals surface area contributed by atoms with Gasteiger partial charge in [0.25, 0.3) is 15.9 Å². The molecular weight excluding hydrogens is 515 g/mol. The van der Waals surface area contributed by atoms with Crippen LogP contribution in [0, 0.1) is 13.8 Å². The Morgan fingerprint density at radius 2 is 1.42 bits per heavy atom. The van der Waals surface area contributed by atoms with E-state index in [1.54, 1.807) is 84.9 Å². The summed E-state index contributed by atoms with van der Waals surface area (Å²) >= 11 is 12.3. The molecule has 0 fully saturated rings. The number of aryl methyl sites for hydroxylation is 2. The number of sulfonamides is 1. The minimum Gasteiger partial charge on any atom is -0.322 e. The molecule has 0 aliphatic carbocycles. The summed E-state index contributed by atoms with van der Waals surface area (Å²) in [4.78, 5) is 13.0. The fraction of sp³-hybridized carbons (Fsp3) is 0.107. The molecule has 0 aliphatic heterocycles. The number of hydrogen-bond donors (Lipinski definition) is 1. The zero-order valence-corrected chi connectivity index (χ0v) is 22.0. The first-order chi connectivity index (χ1) is 17.1. The van der Waals surface area contributed by atoms with Crippen molar-refractivity contribution in [3.63, 3.8) is 0 Å². The molecule has 5 nitrogen and oxygen atoms in total. The summed E-state index contributed by atoms with van der Waals surface area (Å²) < 4.78 is 28.6. The van der Waals surface area contributed by atoms with Gasteiger partial charge in [-0.2, -0.15) is 0 Å². The molecule has 0 spiro atoms. The number of nitrogens with one attached hydrogen (secondary N) is 1. The topological polar surface area (TPSA) is 66.5 Å². The van der Waals surface area contributed by atoms with Gasteiger partial charge in [-0.25, -0.2) is 8.42 Å². The van der Waals surface area contributed by atoms with E-state index in [2.05, 4.69) is 5.32 Å². The summed E-state index contributed by atoms with van der Waals surface area (Å²) in [5.41, 5.74) is 3.94. The second-order valence-electron chi connectivity index (χ2n) is 8.37. The molecule has 0 heterocycles. The van der Waals surface area contributed by atoms with Crippen molar-refractivity contribution in [2.45, 2.75) is 25.3 Å². The van der Waals surface area contributed by atoms with Crippen LogP contribution in [0.15, 0.2) is 95.9 Å². The van der Waals surface area contributed by atoms with Crippen molar-refractivity contribution in [2.24, 2.45) is 0 Å². The van der Waals surface area contributed by atoms with Crippen molar-refractivity contribution in [2.75, 3.05) is 9.62 Å². The van der Waals surface area contributed by atoms with Crippen LogP contribution in [0.5, 0.6) is 0 Å². The Morgan fingerprint density at radius 3 is 2.08 bits per heavy atom. The third-order valence-corrected chi connectivity index (χ3v) is 8.01. The quantitative estimate of drug-likeness (QED) is 0.269. The Bertz CT molecular complexity index is 1510. The second-order valence-corrected chi connectivity index (χ2v) is 11.1. The number of halogens is 2. The molecule has 1 N–H and O–H groups in total. The molecule has 0 atom stereocenters. The number of anilines is 2. The van der Waals surface area contributed by atoms with Crippen molar-refractivity contribution in [1.82, 2.24) is 0 Å². The van der Waals surface area contributed by atoms with Crippen LogP contribution in [0.3, 0.4) is 0 Å². The highest BCUT2D eigenvalue weighted by Crippen LogP contribution is 2.31. The highest BCUT2D eigenvalue weighted by atomic mass is 35.5. The van der Waals surface area contributed by atoms with Crippen LogP contribution < -0.4 is 9.62 Å². The van der Waals surface area contributed by atoms with E-state index in [0.717, 1.165) is 11.1 Å². The molecule has 0 saturated heterocycles. The summed E-state index contributed by atoms with van der Waals surface area (Å²) in [7, 11) is -3.88. The molecule has 4 aromatic carbocycles. The van der Waals surface area contributed by atoms with Gasteiger partial charge in [-0.15, -0.1) is 0 Å². The normalized spacial score (nSPS) is 11.2. The molecule has 4 rings (SSSR count). The standard InChI is InChI=1S/C28H24Cl2N2O3S/c1-19-8-14-23(29)16-26(19)31-28(33)22-12-10-21(11-13-22)18-32(27-17-24(30)15-9-20(27)2)36(34,35)25-6-4-3-5-7-25/h3-17H,18H2,1-2H3,(H,31,33). The van der Waals surface area contributed by atoms with E-state index in [0.29, 0.717) is 32.5 Å². The third kappa shape index (κ3) is 5.73. The maximum atomic E-state index is 13.6. The molecule has 4 aromatic rings. The molecule has 0 aromatic heterocycles. The maximum absolute atomic E-state index is 13.6. The predicted octanol–water partition coefficient (Wildman–Crippen LogP) is 7.26. The molecule has 0 saturated carbocycles. The lowest BCUT2D eigenvalue weighted by Gasteiger charge is -2.26. The van der Waals surface area contributed by atoms with Gasteiger partial charge in [-0.1, -0.05) is 65.7 Å². The Labute approximate surface area is 221 Å². The molecule has 0 aliphatic rings. The molecular formula is C28H24Cl2N2O3S. The lowest BCUT2D eigenvalue weighted by atomic mass is 10.1. The maximum Gasteiger partial charge on any atom is 0.264 e. The first-order valence-electron chi connectivity index (χ1n) is 11.2. The Hall–Kier alpha value is -3.32. The first kappa shape index (κ1) is 25.8. The van der Waals surface area contributed by atoms with Crippen molar-refractivity contribution < 1.29 is 13.2 Å². The number of rotatable bonds is 7. The molecule has 0 radical (unpaired) electrons. The Balaban J connectivity index is 1.64. The third-order valence-electron chi connectivity index (χ3n) is 5.76. The average molecular weight is 539 g/mol. The van der Waals surface area contributed by atoms with E-state index in [9.17, 15) is 13.2 Å². The van der Waals surface area contributed by atoms with Crippen molar-refractivity contribution in [3.8, 4) is 0 Å². The number of benzene rings is 4. The van der Waals surface area contributed by atoms with Gasteiger partial charge in [-0.3, -0.25) is 9.10 Å². The molecule has 0 unspecified atom stereocenters. The van der Waals surface area contributed by atoms with E-state index in [1.165, 1.54) is 4.31 Å². The lowest BCUT2D eigenvalue weighted by molar-refractivity contribution is 0.102. The monoisotopic (exact) mass is 538 g/mol. The fourth-order valence-electron chi connectivity index (χ4n) is 3.72. The minimum atomic E-state index is -3.88. The number of carbonyl (C=O) groups excluding carboxylic acids is 1. The van der Waals surface area contributed by atoms with E-state index in [4.69, 9.17) is 23.2 Å². The molecule has 36 heavy (non-hydrogen) atoms. The van der Waals surface area contributed by atoms with Crippen LogP contribution in [-0.2, 0) is 16.6 Å². The summed E-state index contributed by atoms with van der Waals surface area (Å²) in [6.45, 7) is 3.78. The average Bonchev–Trinajstić information content (AvgIpc) is 2.87. The van der Waals surface area contributed by atoms with Gasteiger partial charge in [-0.05, 0) is 79.1 Å². The summed E-state index contributed by atoms with van der Waals surface area (Å²) in [5.74, 6) is -0.286. The lowest BCUT2D eigenvalue weighted by Crippen LogP contribution is -2.31. The van der Waals surface area contributed by atoms with Crippen molar-refractivity contribution >= 4 is 50.5 Å². The van der Waals surface area contributed by atoms with Crippen LogP contribution in [0.2, 0.25) is 10.0 Å². The highest BCUT2D eigenvalue weighted by Gasteiger charge is 2.26. The second kappa shape index (κ2) is 10.7. The fourth-order valence-corrected chi connectivity index (χ4v) is 5.59. The molecule has 8 heteroatoms. The van der Waals surface area contributed by atoms with E-state index in [-0.39, 0.29) is 17.3 Å². The molecule has 1 amide bonds. The van der Waals surface area contributed by atoms with Gasteiger partial charge in [0.1, 0.15) is 0 Å². The van der Waals surface area contributed by atoms with Crippen LogP contribution in [0.1, 0.15) is 27.0 Å². The van der Waals surface area contributed by atoms with Crippen molar-refractivity contribution in [3.05, 3.63) is 123 Å². The van der Waals surface area contributed by atoms with E-state index >= 15 is 0 Å². The summed E-state index contributed by atoms with van der Waals surface area (Å²) in [6, 6.07) is 25.5. The van der Waals surface area contributed by atoms with Crippen LogP contribution >= 0.6 is 23.2 Å². The van der Waals surface area contributed by atoms with Gasteiger partial charge in [0.05, 0.1) is 17.1 Å². The number of hydrogen-bond acceptors (Lipinski definition) is 3. The van der Waals surface area contributed by atoms with Gasteiger partial charge in [0.15, 0.2) is 0 Å². The number of amides is 1. The van der Waals surface area contributed by atoms with Crippen molar-refractivity contribution in [1.29, 1.82) is 0 Å². The first-order valence-corrected chi connectivity index (χ1v) is 13.3. The highest BCUT2D eigenvalue weighted by molar-refractivity contribution is 7.92. The van der Waals surface area contributed by atoms with Crippen LogP contribution in [-0.4, -0.2) is 14.3 Å². The Kier molecular flexibility index (Phi) is 7.69. The van der Waals surface area contributed by atoms with Crippen LogP contribution in [0.4, 0.5) is 11.4 Å². The smallest absolute Gasteiger partial charge is 0.264 e. The van der Waals surface area contributed by atoms with Gasteiger partial charge in [0.2, 0.25) is 0 Å². The largest absolute Gasteiger partial charge is 0.322 e. The number of carbonyl (C=O) groups is 1. The predicted molar refractivity (Wildman–Crippen MR) is 147 cm³/mol. The minimum absolute atomic E-state index is 0.0632. The van der Waals surface area contributed by atoms with Gasteiger partial charge >= 0.3 is 0 Å². The zero-order valence-electron chi connectivity index (χ0n) is 19.7. The molecule has 0 bridgehead atoms. The summed E-state index contributed by atoms with van der Waals surface area (Å²) in [6.07, 6.45) is 0. The SMILES string of the molecule is Cc1ccc(Cl)cc1NC(=O)c1ccc(CN(c2cc(Cl)ccc2C)S(=O)(=O)c2ccccc2)cc1. The summed E-state index contributed by atoms with van der Waals surface area (Å²) in [5, 5.41) is 3.84. The molecule has 184 valence electrons. The Morgan fingerprint density at radius 1 is 0.806 bits per heavy atom. The van der Waals surface area contributed by atoms with E-state index in [1.807, 2.05) is 19.9 Å². The van der Waals surface area contributed by atoms with Gasteiger partial charge < -0.3 is 5.32 Å². The van der Waals surface area contributed by atoms with E-state index < -0.39 is 10.0 Å². The number of nitrogens with zero attached hydrogens (tertiary/aromatic N) is 1. The zero-order chi connectivity index (χ0) is 25.9. The van der Waals surface area contributed by atoms with Gasteiger partial charge in [0, 0.05) is 21.3 Å².